The molecular weight excluding hydrogens is 230 g/mol. The Hall–Kier alpha value is -2.81. The van der Waals surface area contributed by atoms with Gasteiger partial charge < -0.3 is 11.5 Å². The van der Waals surface area contributed by atoms with Crippen LogP contribution in [0.15, 0.2) is 30.3 Å². The van der Waals surface area contributed by atoms with Crippen molar-refractivity contribution in [1.82, 2.24) is 9.78 Å². The van der Waals surface area contributed by atoms with E-state index in [4.69, 9.17) is 16.7 Å². The van der Waals surface area contributed by atoms with Crippen LogP contribution in [0.2, 0.25) is 0 Å². The van der Waals surface area contributed by atoms with Crippen LogP contribution in [0.25, 0.3) is 0 Å². The second-order valence-electron chi connectivity index (χ2n) is 3.79. The number of anilines is 1. The third-order valence-electron chi connectivity index (χ3n) is 2.48. The maximum Gasteiger partial charge on any atom is 0.269 e. The largest absolute Gasteiger partial charge is 0.384 e. The van der Waals surface area contributed by atoms with Crippen molar-refractivity contribution in [2.45, 2.75) is 6.54 Å². The number of nitrogens with zero attached hydrogens (tertiary/aromatic N) is 3. The molecule has 0 fully saturated rings. The molecule has 6 nitrogen and oxygen atoms in total. The summed E-state index contributed by atoms with van der Waals surface area (Å²) in [4.78, 5) is 11.0. The normalized spacial score (nSPS) is 9.94. The zero-order chi connectivity index (χ0) is 13.1. The average Bonchev–Trinajstić information content (AvgIpc) is 2.72. The van der Waals surface area contributed by atoms with Crippen molar-refractivity contribution in [3.05, 3.63) is 47.2 Å². The van der Waals surface area contributed by atoms with Crippen molar-refractivity contribution in [1.29, 1.82) is 5.26 Å². The molecule has 6 heteroatoms. The first kappa shape index (κ1) is 11.7. The number of rotatable bonds is 3. The van der Waals surface area contributed by atoms with E-state index in [-0.39, 0.29) is 5.69 Å². The molecule has 18 heavy (non-hydrogen) atoms. The number of carbonyl (C=O) groups is 1. The van der Waals surface area contributed by atoms with E-state index in [1.807, 2.05) is 18.2 Å². The Morgan fingerprint density at radius 1 is 1.39 bits per heavy atom. The van der Waals surface area contributed by atoms with Crippen LogP contribution in [0.4, 0.5) is 5.82 Å². The van der Waals surface area contributed by atoms with Crippen LogP contribution in [-0.2, 0) is 6.54 Å². The van der Waals surface area contributed by atoms with Crippen LogP contribution in [0, 0.1) is 11.3 Å². The van der Waals surface area contributed by atoms with Gasteiger partial charge in [0.05, 0.1) is 18.2 Å². The minimum Gasteiger partial charge on any atom is -0.384 e. The Balaban J connectivity index is 2.23. The van der Waals surface area contributed by atoms with Crippen molar-refractivity contribution in [2.75, 3.05) is 5.73 Å². The van der Waals surface area contributed by atoms with Gasteiger partial charge >= 0.3 is 0 Å². The maximum atomic E-state index is 11.0. The maximum absolute atomic E-state index is 11.0. The fourth-order valence-electron chi connectivity index (χ4n) is 1.54. The van der Waals surface area contributed by atoms with Crippen molar-refractivity contribution < 1.29 is 4.79 Å². The molecule has 0 unspecified atom stereocenters. The fraction of sp³-hybridized carbons (Fsp3) is 0.0833. The summed E-state index contributed by atoms with van der Waals surface area (Å²) in [6, 6.07) is 10.5. The Labute approximate surface area is 103 Å². The number of primary amides is 1. The van der Waals surface area contributed by atoms with Gasteiger partial charge in [-0.25, -0.2) is 4.68 Å². The van der Waals surface area contributed by atoms with Gasteiger partial charge in [-0.05, 0) is 17.7 Å². The highest BCUT2D eigenvalue weighted by Gasteiger charge is 2.09. The van der Waals surface area contributed by atoms with Crippen LogP contribution in [0.3, 0.4) is 0 Å². The fourth-order valence-corrected chi connectivity index (χ4v) is 1.54. The highest BCUT2D eigenvalue weighted by molar-refractivity contribution is 5.91. The summed E-state index contributed by atoms with van der Waals surface area (Å²) in [6.07, 6.45) is 0. The van der Waals surface area contributed by atoms with Crippen LogP contribution in [0.1, 0.15) is 21.6 Å². The second kappa shape index (κ2) is 4.59. The van der Waals surface area contributed by atoms with E-state index in [2.05, 4.69) is 5.10 Å². The number of amides is 1. The number of aromatic nitrogens is 2. The summed E-state index contributed by atoms with van der Waals surface area (Å²) in [5, 5.41) is 12.7. The molecule has 0 aliphatic carbocycles. The summed E-state index contributed by atoms with van der Waals surface area (Å²) in [7, 11) is 0. The lowest BCUT2D eigenvalue weighted by atomic mass is 10.1. The standard InChI is InChI=1S/C12H11N5O/c13-6-8-1-3-9(4-2-8)7-17-11(14)5-10(16-17)12(15)18/h1-5H,7,14H2,(H2,15,18). The topological polar surface area (TPSA) is 111 Å². The molecule has 2 rings (SSSR count). The molecule has 1 amide bonds. The molecule has 2 aromatic rings. The minimum absolute atomic E-state index is 0.140. The summed E-state index contributed by atoms with van der Waals surface area (Å²) >= 11 is 0. The lowest BCUT2D eigenvalue weighted by Crippen LogP contribution is -2.13. The number of nitriles is 1. The van der Waals surface area contributed by atoms with E-state index in [1.165, 1.54) is 10.7 Å². The molecule has 1 heterocycles. The van der Waals surface area contributed by atoms with Gasteiger partial charge in [-0.15, -0.1) is 0 Å². The second-order valence-corrected chi connectivity index (χ2v) is 3.79. The molecule has 4 N–H and O–H groups in total. The smallest absolute Gasteiger partial charge is 0.269 e. The lowest BCUT2D eigenvalue weighted by molar-refractivity contribution is 0.0995. The van der Waals surface area contributed by atoms with Crippen LogP contribution >= 0.6 is 0 Å². The molecule has 1 aromatic heterocycles. The molecular formula is C12H11N5O. The van der Waals surface area contributed by atoms with Gasteiger partial charge in [-0.2, -0.15) is 10.4 Å². The predicted octanol–water partition coefficient (Wildman–Crippen LogP) is 0.484. The van der Waals surface area contributed by atoms with E-state index in [1.54, 1.807) is 12.1 Å². The summed E-state index contributed by atoms with van der Waals surface area (Å²) in [5.41, 5.74) is 12.5. The van der Waals surface area contributed by atoms with Crippen LogP contribution in [-0.4, -0.2) is 15.7 Å². The Morgan fingerprint density at radius 2 is 2.06 bits per heavy atom. The third-order valence-corrected chi connectivity index (χ3v) is 2.48. The number of carbonyl (C=O) groups excluding carboxylic acids is 1. The van der Waals surface area contributed by atoms with Crippen LogP contribution in [0.5, 0.6) is 0 Å². The minimum atomic E-state index is -0.611. The molecule has 0 atom stereocenters. The van der Waals surface area contributed by atoms with Crippen molar-refractivity contribution in [2.24, 2.45) is 5.73 Å². The highest BCUT2D eigenvalue weighted by Crippen LogP contribution is 2.10. The van der Waals surface area contributed by atoms with Gasteiger partial charge in [0, 0.05) is 6.07 Å². The molecule has 0 bridgehead atoms. The van der Waals surface area contributed by atoms with Gasteiger partial charge in [-0.3, -0.25) is 4.79 Å². The lowest BCUT2D eigenvalue weighted by Gasteiger charge is -2.03. The van der Waals surface area contributed by atoms with Crippen molar-refractivity contribution >= 4 is 11.7 Å². The molecule has 0 spiro atoms. The summed E-state index contributed by atoms with van der Waals surface area (Å²) < 4.78 is 1.49. The SMILES string of the molecule is N#Cc1ccc(Cn2nc(C(N)=O)cc2N)cc1. The van der Waals surface area contributed by atoms with Gasteiger partial charge in [0.15, 0.2) is 5.69 Å². The Bertz CT molecular complexity index is 621. The molecule has 90 valence electrons. The first-order valence-corrected chi connectivity index (χ1v) is 5.22. The van der Waals surface area contributed by atoms with E-state index in [9.17, 15) is 4.79 Å². The summed E-state index contributed by atoms with van der Waals surface area (Å²) in [6.45, 7) is 0.421. The number of hydrogen-bond donors (Lipinski definition) is 2. The monoisotopic (exact) mass is 241 g/mol. The first-order chi connectivity index (χ1) is 8.60. The number of nitrogens with two attached hydrogens (primary N) is 2. The third kappa shape index (κ3) is 2.30. The summed E-state index contributed by atoms with van der Waals surface area (Å²) in [5.74, 6) is -0.242. The van der Waals surface area contributed by atoms with Gasteiger partial charge in [-0.1, -0.05) is 12.1 Å². The van der Waals surface area contributed by atoms with E-state index in [0.717, 1.165) is 5.56 Å². The number of benzene rings is 1. The molecule has 0 saturated heterocycles. The van der Waals surface area contributed by atoms with Gasteiger partial charge in [0.25, 0.3) is 5.91 Å². The molecule has 0 aliphatic heterocycles. The molecule has 0 aliphatic rings. The Kier molecular flexibility index (Phi) is 2.98. The van der Waals surface area contributed by atoms with Gasteiger partial charge in [0.1, 0.15) is 5.82 Å². The van der Waals surface area contributed by atoms with Crippen molar-refractivity contribution in [3.8, 4) is 6.07 Å². The number of hydrogen-bond acceptors (Lipinski definition) is 4. The molecule has 1 aromatic carbocycles. The molecule has 0 saturated carbocycles. The predicted molar refractivity (Wildman–Crippen MR) is 65.4 cm³/mol. The Morgan fingerprint density at radius 3 is 2.56 bits per heavy atom. The van der Waals surface area contributed by atoms with E-state index >= 15 is 0 Å². The average molecular weight is 241 g/mol. The zero-order valence-corrected chi connectivity index (χ0v) is 9.50. The van der Waals surface area contributed by atoms with E-state index in [0.29, 0.717) is 17.9 Å². The quantitative estimate of drug-likeness (QED) is 0.814. The molecule has 0 radical (unpaired) electrons. The van der Waals surface area contributed by atoms with E-state index < -0.39 is 5.91 Å². The zero-order valence-electron chi connectivity index (χ0n) is 9.50. The van der Waals surface area contributed by atoms with Crippen molar-refractivity contribution in [3.63, 3.8) is 0 Å². The number of nitrogen functional groups attached to an aromatic ring is 1. The van der Waals surface area contributed by atoms with Crippen LogP contribution < -0.4 is 11.5 Å². The highest BCUT2D eigenvalue weighted by atomic mass is 16.1. The first-order valence-electron chi connectivity index (χ1n) is 5.22. The van der Waals surface area contributed by atoms with Gasteiger partial charge in [0.2, 0.25) is 0 Å².